The summed E-state index contributed by atoms with van der Waals surface area (Å²) in [6.07, 6.45) is 1.71. The standard InChI is InChI=1S/C17H19NO2/c1-11(2)18-10-17-14(6-7-19-17)16-9-13-8-12(3)4-5-15(13)20-16/h4-9,11,18H,10H2,1-3H3. The van der Waals surface area contributed by atoms with Gasteiger partial charge in [0, 0.05) is 11.4 Å². The molecule has 2 aromatic heterocycles. The van der Waals surface area contributed by atoms with E-state index in [1.54, 1.807) is 6.26 Å². The van der Waals surface area contributed by atoms with Crippen LogP contribution < -0.4 is 5.32 Å². The Kier molecular flexibility index (Phi) is 3.36. The quantitative estimate of drug-likeness (QED) is 0.758. The third-order valence-corrected chi connectivity index (χ3v) is 3.35. The summed E-state index contributed by atoms with van der Waals surface area (Å²) in [6.45, 7) is 7.02. The number of furan rings is 2. The van der Waals surface area contributed by atoms with Crippen LogP contribution >= 0.6 is 0 Å². The van der Waals surface area contributed by atoms with E-state index in [2.05, 4.69) is 44.3 Å². The Morgan fingerprint density at radius 1 is 1.15 bits per heavy atom. The topological polar surface area (TPSA) is 38.3 Å². The molecular formula is C17H19NO2. The van der Waals surface area contributed by atoms with E-state index in [1.165, 1.54) is 5.56 Å². The molecule has 0 fully saturated rings. The van der Waals surface area contributed by atoms with Gasteiger partial charge in [-0.25, -0.2) is 0 Å². The molecule has 0 aliphatic heterocycles. The van der Waals surface area contributed by atoms with Crippen LogP contribution in [0.4, 0.5) is 0 Å². The van der Waals surface area contributed by atoms with Gasteiger partial charge in [-0.3, -0.25) is 0 Å². The number of benzene rings is 1. The Hall–Kier alpha value is -2.00. The summed E-state index contributed by atoms with van der Waals surface area (Å²) in [6, 6.07) is 10.7. The van der Waals surface area contributed by atoms with Gasteiger partial charge in [0.2, 0.25) is 0 Å². The highest BCUT2D eigenvalue weighted by Crippen LogP contribution is 2.31. The van der Waals surface area contributed by atoms with Gasteiger partial charge in [-0.05, 0) is 31.2 Å². The molecule has 1 aromatic carbocycles. The van der Waals surface area contributed by atoms with Gasteiger partial charge < -0.3 is 14.2 Å². The van der Waals surface area contributed by atoms with E-state index in [0.717, 1.165) is 28.1 Å². The van der Waals surface area contributed by atoms with Crippen LogP contribution in [0.5, 0.6) is 0 Å². The molecule has 20 heavy (non-hydrogen) atoms. The van der Waals surface area contributed by atoms with Crippen LogP contribution in [0.2, 0.25) is 0 Å². The molecule has 3 nitrogen and oxygen atoms in total. The zero-order valence-corrected chi connectivity index (χ0v) is 12.1. The number of fused-ring (bicyclic) bond motifs is 1. The number of hydrogen-bond donors (Lipinski definition) is 1. The predicted molar refractivity (Wildman–Crippen MR) is 80.6 cm³/mol. The highest BCUT2D eigenvalue weighted by Gasteiger charge is 2.13. The highest BCUT2D eigenvalue weighted by atomic mass is 16.3. The number of nitrogens with one attached hydrogen (secondary N) is 1. The molecule has 0 bridgehead atoms. The Labute approximate surface area is 118 Å². The van der Waals surface area contributed by atoms with Crippen molar-refractivity contribution in [2.45, 2.75) is 33.4 Å². The molecule has 104 valence electrons. The summed E-state index contributed by atoms with van der Waals surface area (Å²) in [5.41, 5.74) is 3.17. The van der Waals surface area contributed by atoms with Gasteiger partial charge in [0.1, 0.15) is 17.1 Å². The van der Waals surface area contributed by atoms with Crippen molar-refractivity contribution in [3.63, 3.8) is 0 Å². The Morgan fingerprint density at radius 3 is 2.80 bits per heavy atom. The first-order valence-corrected chi connectivity index (χ1v) is 6.94. The fourth-order valence-electron chi connectivity index (χ4n) is 2.29. The first-order valence-electron chi connectivity index (χ1n) is 6.94. The van der Waals surface area contributed by atoms with Crippen molar-refractivity contribution in [2.24, 2.45) is 0 Å². The van der Waals surface area contributed by atoms with Gasteiger partial charge >= 0.3 is 0 Å². The molecule has 3 aromatic rings. The molecule has 0 unspecified atom stereocenters. The van der Waals surface area contributed by atoms with Crippen molar-refractivity contribution in [3.8, 4) is 11.3 Å². The first-order chi connectivity index (χ1) is 9.63. The van der Waals surface area contributed by atoms with Gasteiger partial charge in [0.15, 0.2) is 0 Å². The van der Waals surface area contributed by atoms with Crippen molar-refractivity contribution < 1.29 is 8.83 Å². The molecule has 0 radical (unpaired) electrons. The maximum atomic E-state index is 5.93. The summed E-state index contributed by atoms with van der Waals surface area (Å²) >= 11 is 0. The molecule has 0 saturated carbocycles. The molecule has 0 saturated heterocycles. The summed E-state index contributed by atoms with van der Waals surface area (Å²) < 4.78 is 11.5. The van der Waals surface area contributed by atoms with Crippen molar-refractivity contribution >= 4 is 11.0 Å². The lowest BCUT2D eigenvalue weighted by atomic mass is 10.1. The predicted octanol–water partition coefficient (Wildman–Crippen LogP) is 4.50. The van der Waals surface area contributed by atoms with E-state index >= 15 is 0 Å². The van der Waals surface area contributed by atoms with Gasteiger partial charge in [0.05, 0.1) is 18.4 Å². The second-order valence-electron chi connectivity index (χ2n) is 5.44. The van der Waals surface area contributed by atoms with E-state index in [1.807, 2.05) is 12.1 Å². The smallest absolute Gasteiger partial charge is 0.138 e. The molecule has 1 N–H and O–H groups in total. The van der Waals surface area contributed by atoms with Crippen molar-refractivity contribution in [2.75, 3.05) is 0 Å². The molecule has 3 rings (SSSR count). The van der Waals surface area contributed by atoms with Crippen LogP contribution in [0.15, 0.2) is 45.4 Å². The minimum absolute atomic E-state index is 0.422. The van der Waals surface area contributed by atoms with Gasteiger partial charge in [-0.1, -0.05) is 25.5 Å². The van der Waals surface area contributed by atoms with Crippen molar-refractivity contribution in [1.29, 1.82) is 0 Å². The van der Waals surface area contributed by atoms with Crippen LogP contribution in [0, 0.1) is 6.92 Å². The summed E-state index contributed by atoms with van der Waals surface area (Å²) in [7, 11) is 0. The third-order valence-electron chi connectivity index (χ3n) is 3.35. The largest absolute Gasteiger partial charge is 0.467 e. The number of rotatable bonds is 4. The molecule has 0 spiro atoms. The second kappa shape index (κ2) is 5.17. The van der Waals surface area contributed by atoms with Gasteiger partial charge in [0.25, 0.3) is 0 Å². The zero-order chi connectivity index (χ0) is 14.1. The fraction of sp³-hybridized carbons (Fsp3) is 0.294. The molecular weight excluding hydrogens is 250 g/mol. The van der Waals surface area contributed by atoms with Crippen LogP contribution in [-0.4, -0.2) is 6.04 Å². The fourth-order valence-corrected chi connectivity index (χ4v) is 2.29. The summed E-state index contributed by atoms with van der Waals surface area (Å²) in [5, 5.41) is 4.49. The molecule has 3 heteroatoms. The molecule has 2 heterocycles. The van der Waals surface area contributed by atoms with Gasteiger partial charge in [-0.15, -0.1) is 0 Å². The van der Waals surface area contributed by atoms with Crippen LogP contribution in [0.1, 0.15) is 25.2 Å². The van der Waals surface area contributed by atoms with Gasteiger partial charge in [-0.2, -0.15) is 0 Å². The van der Waals surface area contributed by atoms with E-state index < -0.39 is 0 Å². The van der Waals surface area contributed by atoms with E-state index in [-0.39, 0.29) is 0 Å². The normalized spacial score (nSPS) is 11.6. The Morgan fingerprint density at radius 2 is 2.00 bits per heavy atom. The molecule has 0 aliphatic carbocycles. The van der Waals surface area contributed by atoms with Crippen LogP contribution in [0.3, 0.4) is 0 Å². The first kappa shape index (κ1) is 13.0. The number of hydrogen-bond acceptors (Lipinski definition) is 3. The minimum atomic E-state index is 0.422. The summed E-state index contributed by atoms with van der Waals surface area (Å²) in [5.74, 6) is 1.77. The van der Waals surface area contributed by atoms with Crippen LogP contribution in [0.25, 0.3) is 22.3 Å². The van der Waals surface area contributed by atoms with Crippen molar-refractivity contribution in [1.82, 2.24) is 5.32 Å². The Balaban J connectivity index is 1.96. The van der Waals surface area contributed by atoms with E-state index in [4.69, 9.17) is 8.83 Å². The summed E-state index contributed by atoms with van der Waals surface area (Å²) in [4.78, 5) is 0. The lowest BCUT2D eigenvalue weighted by Crippen LogP contribution is -2.21. The van der Waals surface area contributed by atoms with Crippen LogP contribution in [-0.2, 0) is 6.54 Å². The lowest BCUT2D eigenvalue weighted by Gasteiger charge is -2.06. The molecule has 0 aliphatic rings. The lowest BCUT2D eigenvalue weighted by molar-refractivity contribution is 0.464. The van der Waals surface area contributed by atoms with E-state index in [9.17, 15) is 0 Å². The number of aryl methyl sites for hydroxylation is 1. The maximum absolute atomic E-state index is 5.93. The van der Waals surface area contributed by atoms with Crippen molar-refractivity contribution in [3.05, 3.63) is 47.9 Å². The third kappa shape index (κ3) is 2.49. The average Bonchev–Trinajstić information content (AvgIpc) is 3.01. The molecule has 0 atom stereocenters. The van der Waals surface area contributed by atoms with E-state index in [0.29, 0.717) is 12.6 Å². The average molecular weight is 269 g/mol. The second-order valence-corrected chi connectivity index (χ2v) is 5.44. The Bertz CT molecular complexity index is 722. The maximum Gasteiger partial charge on any atom is 0.138 e. The minimum Gasteiger partial charge on any atom is -0.467 e. The SMILES string of the molecule is Cc1ccc2oc(-c3ccoc3CNC(C)C)cc2c1. The zero-order valence-electron chi connectivity index (χ0n) is 12.1. The molecule has 0 amide bonds. The monoisotopic (exact) mass is 269 g/mol. The highest BCUT2D eigenvalue weighted by molar-refractivity contribution is 5.83.